The molecule has 80 valence electrons. The van der Waals surface area contributed by atoms with Crippen LogP contribution < -0.4 is 11.4 Å². The van der Waals surface area contributed by atoms with Crippen LogP contribution in [0, 0.1) is 0 Å². The molecule has 1 aromatic heterocycles. The molecule has 3 N–H and O–H groups in total. The number of aromatic amines is 1. The maximum absolute atomic E-state index is 11.2. The molecule has 0 fully saturated rings. The molecule has 0 radical (unpaired) electrons. The lowest BCUT2D eigenvalue weighted by Crippen LogP contribution is -2.11. The zero-order valence-corrected chi connectivity index (χ0v) is 8.80. The van der Waals surface area contributed by atoms with E-state index in [2.05, 4.69) is 4.98 Å². The number of primary amides is 1. The largest absolute Gasteiger partial charge is 0.366 e. The van der Waals surface area contributed by atoms with Crippen LogP contribution in [0.25, 0.3) is 11.0 Å². The quantitative estimate of drug-likeness (QED) is 0.739. The van der Waals surface area contributed by atoms with Gasteiger partial charge in [0.05, 0.1) is 11.0 Å². The summed E-state index contributed by atoms with van der Waals surface area (Å²) in [5.41, 5.74) is 6.66. The topological polar surface area (TPSA) is 80.9 Å². The molecule has 15 heavy (non-hydrogen) atoms. The number of fused-ring (bicyclic) bond motifs is 1. The molecule has 0 spiro atoms. The molecule has 1 heterocycles. The Morgan fingerprint density at radius 2 is 2.13 bits per heavy atom. The van der Waals surface area contributed by atoms with Crippen molar-refractivity contribution < 1.29 is 4.79 Å². The van der Waals surface area contributed by atoms with E-state index in [1.807, 2.05) is 0 Å². The number of aromatic nitrogens is 2. The molecule has 1 aromatic carbocycles. The minimum Gasteiger partial charge on any atom is -0.366 e. The number of nitrogens with two attached hydrogens (primary N) is 1. The van der Waals surface area contributed by atoms with E-state index >= 15 is 0 Å². The molecule has 5 nitrogen and oxygen atoms in total. The molecular weight excluding hydrogens is 218 g/mol. The minimum absolute atomic E-state index is 0. The lowest BCUT2D eigenvalue weighted by molar-refractivity contribution is 0.100. The number of benzene rings is 1. The van der Waals surface area contributed by atoms with Crippen molar-refractivity contribution in [2.75, 3.05) is 0 Å². The Bertz CT molecular complexity index is 570. The van der Waals surface area contributed by atoms with Gasteiger partial charge in [-0.3, -0.25) is 9.36 Å². The molecule has 0 bridgehead atoms. The number of rotatable bonds is 1. The maximum atomic E-state index is 11.2. The smallest absolute Gasteiger partial charge is 0.326 e. The Labute approximate surface area is 91.3 Å². The van der Waals surface area contributed by atoms with E-state index in [1.54, 1.807) is 25.2 Å². The number of carbonyl (C=O) groups excluding carboxylic acids is 1. The second-order valence-corrected chi connectivity index (χ2v) is 3.09. The van der Waals surface area contributed by atoms with E-state index < -0.39 is 5.91 Å². The van der Waals surface area contributed by atoms with Gasteiger partial charge in [0, 0.05) is 12.6 Å². The molecule has 0 saturated carbocycles. The first-order valence-corrected chi connectivity index (χ1v) is 4.08. The number of hydrogen-bond acceptors (Lipinski definition) is 2. The Morgan fingerprint density at radius 3 is 2.73 bits per heavy atom. The summed E-state index contributed by atoms with van der Waals surface area (Å²) in [6, 6.07) is 4.85. The Morgan fingerprint density at radius 1 is 1.47 bits per heavy atom. The fraction of sp³-hybridized carbons (Fsp3) is 0.111. The maximum Gasteiger partial charge on any atom is 0.326 e. The highest BCUT2D eigenvalue weighted by Crippen LogP contribution is 2.11. The molecule has 0 aliphatic rings. The van der Waals surface area contributed by atoms with Gasteiger partial charge in [0.25, 0.3) is 0 Å². The van der Waals surface area contributed by atoms with E-state index in [4.69, 9.17) is 5.73 Å². The molecule has 0 aliphatic carbocycles. The van der Waals surface area contributed by atoms with Gasteiger partial charge >= 0.3 is 5.69 Å². The van der Waals surface area contributed by atoms with Crippen LogP contribution >= 0.6 is 12.4 Å². The van der Waals surface area contributed by atoms with Crippen molar-refractivity contribution in [1.82, 2.24) is 9.55 Å². The van der Waals surface area contributed by atoms with Gasteiger partial charge in [0.15, 0.2) is 0 Å². The summed E-state index contributed by atoms with van der Waals surface area (Å²) >= 11 is 0. The first kappa shape index (κ1) is 11.3. The molecule has 1 amide bonds. The summed E-state index contributed by atoms with van der Waals surface area (Å²) in [6.45, 7) is 0. The second-order valence-electron chi connectivity index (χ2n) is 3.09. The van der Waals surface area contributed by atoms with Crippen LogP contribution in [0.5, 0.6) is 0 Å². The number of aryl methyl sites for hydroxylation is 1. The van der Waals surface area contributed by atoms with Crippen LogP contribution in [0.3, 0.4) is 0 Å². The molecule has 0 saturated heterocycles. The molecule has 2 aromatic rings. The third-order valence-electron chi connectivity index (χ3n) is 2.19. The van der Waals surface area contributed by atoms with E-state index in [0.29, 0.717) is 11.1 Å². The van der Waals surface area contributed by atoms with Gasteiger partial charge in [-0.05, 0) is 18.2 Å². The monoisotopic (exact) mass is 227 g/mol. The molecular formula is C9H10ClN3O2. The highest BCUT2D eigenvalue weighted by Gasteiger charge is 2.05. The first-order valence-electron chi connectivity index (χ1n) is 4.08. The minimum atomic E-state index is -0.503. The van der Waals surface area contributed by atoms with Crippen molar-refractivity contribution in [2.24, 2.45) is 12.8 Å². The molecule has 0 unspecified atom stereocenters. The number of amides is 1. The third kappa shape index (κ3) is 1.73. The lowest BCUT2D eigenvalue weighted by atomic mass is 10.2. The fourth-order valence-electron chi connectivity index (χ4n) is 1.39. The summed E-state index contributed by atoms with van der Waals surface area (Å²) in [6.07, 6.45) is 0. The van der Waals surface area contributed by atoms with E-state index in [1.165, 1.54) is 4.57 Å². The van der Waals surface area contributed by atoms with Gasteiger partial charge in [-0.15, -0.1) is 12.4 Å². The van der Waals surface area contributed by atoms with E-state index in [9.17, 15) is 9.59 Å². The standard InChI is InChI=1S/C9H9N3O2.ClH/c1-12-7-3-2-5(8(10)13)4-6(7)11-9(12)14;/h2-4H,1H3,(H2,10,13)(H,11,14);1H. The van der Waals surface area contributed by atoms with Crippen molar-refractivity contribution >= 4 is 29.3 Å². The van der Waals surface area contributed by atoms with Crippen LogP contribution in [0.2, 0.25) is 0 Å². The number of hydrogen-bond donors (Lipinski definition) is 2. The molecule has 0 atom stereocenters. The fourth-order valence-corrected chi connectivity index (χ4v) is 1.39. The van der Waals surface area contributed by atoms with Crippen molar-refractivity contribution in [3.8, 4) is 0 Å². The Kier molecular flexibility index (Phi) is 2.85. The number of H-pyrrole nitrogens is 1. The summed E-state index contributed by atoms with van der Waals surface area (Å²) in [5.74, 6) is -0.503. The molecule has 0 aliphatic heterocycles. The predicted octanol–water partition coefficient (Wildman–Crippen LogP) is 0.387. The van der Waals surface area contributed by atoms with Crippen LogP contribution in [0.15, 0.2) is 23.0 Å². The number of carbonyl (C=O) groups is 1. The lowest BCUT2D eigenvalue weighted by Gasteiger charge is -1.96. The highest BCUT2D eigenvalue weighted by molar-refractivity contribution is 5.96. The molecule has 6 heteroatoms. The Balaban J connectivity index is 0.00000112. The number of halogens is 1. The van der Waals surface area contributed by atoms with E-state index in [0.717, 1.165) is 5.52 Å². The van der Waals surface area contributed by atoms with Gasteiger partial charge < -0.3 is 10.7 Å². The zero-order chi connectivity index (χ0) is 10.3. The highest BCUT2D eigenvalue weighted by atomic mass is 35.5. The predicted molar refractivity (Wildman–Crippen MR) is 59.3 cm³/mol. The zero-order valence-electron chi connectivity index (χ0n) is 7.98. The van der Waals surface area contributed by atoms with Crippen LogP contribution in [-0.4, -0.2) is 15.5 Å². The van der Waals surface area contributed by atoms with Crippen molar-refractivity contribution in [3.63, 3.8) is 0 Å². The average Bonchev–Trinajstić information content (AvgIpc) is 2.42. The third-order valence-corrected chi connectivity index (χ3v) is 2.19. The van der Waals surface area contributed by atoms with Crippen molar-refractivity contribution in [2.45, 2.75) is 0 Å². The second kappa shape index (κ2) is 3.78. The summed E-state index contributed by atoms with van der Waals surface area (Å²) in [4.78, 5) is 24.7. The van der Waals surface area contributed by atoms with Gasteiger partial charge in [0.2, 0.25) is 5.91 Å². The SMILES string of the molecule is Cl.Cn1c(=O)[nH]c2cc(C(N)=O)ccc21. The van der Waals surface area contributed by atoms with Gasteiger partial charge in [-0.25, -0.2) is 4.79 Å². The van der Waals surface area contributed by atoms with Gasteiger partial charge in [0.1, 0.15) is 0 Å². The Hall–Kier alpha value is -1.75. The van der Waals surface area contributed by atoms with Crippen LogP contribution in [0.1, 0.15) is 10.4 Å². The van der Waals surface area contributed by atoms with Gasteiger partial charge in [-0.2, -0.15) is 0 Å². The number of imidazole rings is 1. The first-order chi connectivity index (χ1) is 6.59. The van der Waals surface area contributed by atoms with Gasteiger partial charge in [-0.1, -0.05) is 0 Å². The van der Waals surface area contributed by atoms with Crippen LogP contribution in [-0.2, 0) is 7.05 Å². The van der Waals surface area contributed by atoms with E-state index in [-0.39, 0.29) is 18.1 Å². The number of nitrogens with zero attached hydrogens (tertiary/aromatic N) is 1. The van der Waals surface area contributed by atoms with Crippen molar-refractivity contribution in [1.29, 1.82) is 0 Å². The average molecular weight is 228 g/mol. The molecule has 2 rings (SSSR count). The normalized spacial score (nSPS) is 9.93. The summed E-state index contributed by atoms with van der Waals surface area (Å²) in [7, 11) is 1.66. The summed E-state index contributed by atoms with van der Waals surface area (Å²) < 4.78 is 1.47. The number of nitrogens with one attached hydrogen (secondary N) is 1. The van der Waals surface area contributed by atoms with Crippen molar-refractivity contribution in [3.05, 3.63) is 34.2 Å². The van der Waals surface area contributed by atoms with Crippen LogP contribution in [0.4, 0.5) is 0 Å². The summed E-state index contributed by atoms with van der Waals surface area (Å²) in [5, 5.41) is 0.